The van der Waals surface area contributed by atoms with E-state index in [2.05, 4.69) is 5.32 Å². The number of amides is 2. The summed E-state index contributed by atoms with van der Waals surface area (Å²) in [6.45, 7) is 7.58. The number of aryl methyl sites for hydroxylation is 3. The van der Waals surface area contributed by atoms with E-state index in [1.807, 2.05) is 64.1 Å². The first-order valence-corrected chi connectivity index (χ1v) is 17.8. The minimum absolute atomic E-state index is 0.000313. The highest BCUT2D eigenvalue weighted by molar-refractivity contribution is 7.92. The largest absolute Gasteiger partial charge is 0.354 e. The Morgan fingerprint density at radius 3 is 2.06 bits per heavy atom. The van der Waals surface area contributed by atoms with Crippen LogP contribution in [0.15, 0.2) is 95.9 Å². The van der Waals surface area contributed by atoms with Gasteiger partial charge in [0.05, 0.1) is 20.6 Å². The Kier molecular flexibility index (Phi) is 12.5. The lowest BCUT2D eigenvalue weighted by Gasteiger charge is -2.34. The summed E-state index contributed by atoms with van der Waals surface area (Å²) in [5.74, 6) is -0.868. The zero-order chi connectivity index (χ0) is 34.1. The number of hydrogen-bond acceptors (Lipinski definition) is 4. The second kappa shape index (κ2) is 16.3. The highest BCUT2D eigenvalue weighted by Crippen LogP contribution is 2.28. The Morgan fingerprint density at radius 2 is 1.45 bits per heavy atom. The van der Waals surface area contributed by atoms with E-state index in [1.165, 1.54) is 17.0 Å². The van der Waals surface area contributed by atoms with E-state index >= 15 is 0 Å². The van der Waals surface area contributed by atoms with Gasteiger partial charge in [0.2, 0.25) is 11.8 Å². The average molecular weight is 695 g/mol. The maximum atomic E-state index is 14.6. The third-order valence-electron chi connectivity index (χ3n) is 7.82. The molecule has 0 spiro atoms. The lowest BCUT2D eigenvalue weighted by molar-refractivity contribution is -0.140. The number of hydrogen-bond donors (Lipinski definition) is 1. The van der Waals surface area contributed by atoms with Crippen molar-refractivity contribution in [3.8, 4) is 0 Å². The summed E-state index contributed by atoms with van der Waals surface area (Å²) in [6, 6.07) is 25.5. The van der Waals surface area contributed by atoms with Crippen molar-refractivity contribution in [2.24, 2.45) is 0 Å². The molecule has 0 aliphatic rings. The molecule has 4 aromatic rings. The first kappa shape index (κ1) is 36.0. The minimum atomic E-state index is -4.19. The SMILES string of the molecule is CCCCNC(=O)[C@H](Cc1ccccc1)N(Cc1ccc(Cl)c(Cl)c1)C(=O)CN(c1cc(C)cc(C)c1)S(=O)(=O)c1ccc(C)cc1. The van der Waals surface area contributed by atoms with Gasteiger partial charge >= 0.3 is 0 Å². The Morgan fingerprint density at radius 1 is 0.787 bits per heavy atom. The van der Waals surface area contributed by atoms with Gasteiger partial charge in [-0.05, 0) is 85.8 Å². The van der Waals surface area contributed by atoms with Gasteiger partial charge < -0.3 is 10.2 Å². The standard InChI is InChI=1S/C37H41Cl2N3O4S/c1-5-6-18-40-37(44)35(23-29-10-8-7-9-11-29)41(24-30-14-17-33(38)34(39)22-30)36(43)25-42(31-20-27(3)19-28(4)21-31)47(45,46)32-15-12-26(2)13-16-32/h7-17,19-22,35H,5-6,18,23-25H2,1-4H3,(H,40,44)/t35-/m0/s1. The Labute approximate surface area is 288 Å². The van der Waals surface area contributed by atoms with Crippen LogP contribution < -0.4 is 9.62 Å². The number of carbonyl (C=O) groups excluding carboxylic acids is 2. The van der Waals surface area contributed by atoms with Gasteiger partial charge in [0.25, 0.3) is 10.0 Å². The van der Waals surface area contributed by atoms with Crippen LogP contribution in [-0.4, -0.2) is 44.3 Å². The van der Waals surface area contributed by atoms with Crippen molar-refractivity contribution in [3.05, 3.63) is 129 Å². The molecular weight excluding hydrogens is 653 g/mol. The Balaban J connectivity index is 1.83. The molecule has 0 unspecified atom stereocenters. The predicted octanol–water partition coefficient (Wildman–Crippen LogP) is 7.67. The first-order chi connectivity index (χ1) is 22.4. The Bertz CT molecular complexity index is 1780. The number of unbranched alkanes of at least 4 members (excludes halogenated alkanes) is 1. The molecule has 2 amide bonds. The van der Waals surface area contributed by atoms with E-state index in [-0.39, 0.29) is 23.8 Å². The summed E-state index contributed by atoms with van der Waals surface area (Å²) in [4.78, 5) is 30.0. The summed E-state index contributed by atoms with van der Waals surface area (Å²) < 4.78 is 29.7. The molecule has 4 aromatic carbocycles. The number of benzene rings is 4. The molecule has 4 rings (SSSR count). The molecule has 0 saturated heterocycles. The molecular formula is C37H41Cl2N3O4S. The molecule has 0 aliphatic carbocycles. The molecule has 7 nitrogen and oxygen atoms in total. The number of halogens is 2. The minimum Gasteiger partial charge on any atom is -0.354 e. The molecule has 1 N–H and O–H groups in total. The molecule has 0 aromatic heterocycles. The van der Waals surface area contributed by atoms with Crippen molar-refractivity contribution in [2.75, 3.05) is 17.4 Å². The highest BCUT2D eigenvalue weighted by Gasteiger charge is 2.34. The number of nitrogens with zero attached hydrogens (tertiary/aromatic N) is 2. The molecule has 47 heavy (non-hydrogen) atoms. The average Bonchev–Trinajstić information content (AvgIpc) is 3.03. The number of sulfonamides is 1. The van der Waals surface area contributed by atoms with Crippen LogP contribution in [0.5, 0.6) is 0 Å². The second-order valence-corrected chi connectivity index (χ2v) is 14.5. The van der Waals surface area contributed by atoms with Gasteiger partial charge in [0.1, 0.15) is 12.6 Å². The van der Waals surface area contributed by atoms with Crippen LogP contribution >= 0.6 is 23.2 Å². The van der Waals surface area contributed by atoms with Crippen LogP contribution in [0.3, 0.4) is 0 Å². The van der Waals surface area contributed by atoms with Crippen molar-refractivity contribution >= 4 is 50.7 Å². The van der Waals surface area contributed by atoms with Crippen LogP contribution in [0, 0.1) is 20.8 Å². The smallest absolute Gasteiger partial charge is 0.264 e. The third kappa shape index (κ3) is 9.60. The zero-order valence-corrected chi connectivity index (χ0v) is 29.5. The molecule has 0 heterocycles. The van der Waals surface area contributed by atoms with Crippen LogP contribution in [-0.2, 0) is 32.6 Å². The maximum absolute atomic E-state index is 14.6. The lowest BCUT2D eigenvalue weighted by Crippen LogP contribution is -2.53. The van der Waals surface area contributed by atoms with Gasteiger partial charge in [-0.2, -0.15) is 0 Å². The lowest BCUT2D eigenvalue weighted by atomic mass is 10.0. The number of anilines is 1. The molecule has 10 heteroatoms. The summed E-state index contributed by atoms with van der Waals surface area (Å²) in [6.07, 6.45) is 1.89. The van der Waals surface area contributed by atoms with Gasteiger partial charge in [-0.25, -0.2) is 8.42 Å². The summed E-state index contributed by atoms with van der Waals surface area (Å²) in [7, 11) is -4.19. The molecule has 248 valence electrons. The van der Waals surface area contributed by atoms with Crippen molar-refractivity contribution < 1.29 is 18.0 Å². The molecule has 0 fully saturated rings. The van der Waals surface area contributed by atoms with E-state index in [1.54, 1.807) is 42.5 Å². The van der Waals surface area contributed by atoms with Gasteiger partial charge in [0.15, 0.2) is 0 Å². The quantitative estimate of drug-likeness (QED) is 0.137. The van der Waals surface area contributed by atoms with Crippen molar-refractivity contribution in [3.63, 3.8) is 0 Å². The monoisotopic (exact) mass is 693 g/mol. The van der Waals surface area contributed by atoms with E-state index in [0.717, 1.165) is 39.4 Å². The number of carbonyl (C=O) groups is 2. The van der Waals surface area contributed by atoms with E-state index in [9.17, 15) is 18.0 Å². The van der Waals surface area contributed by atoms with Gasteiger partial charge in [0, 0.05) is 19.5 Å². The van der Waals surface area contributed by atoms with Gasteiger partial charge in [-0.15, -0.1) is 0 Å². The van der Waals surface area contributed by atoms with Crippen LogP contribution in [0.1, 0.15) is 47.6 Å². The van der Waals surface area contributed by atoms with Crippen LogP contribution in [0.4, 0.5) is 5.69 Å². The van der Waals surface area contributed by atoms with E-state index < -0.39 is 28.5 Å². The first-order valence-electron chi connectivity index (χ1n) is 15.6. The van der Waals surface area contributed by atoms with Crippen molar-refractivity contribution in [2.45, 2.75) is 64.4 Å². The van der Waals surface area contributed by atoms with Crippen LogP contribution in [0.25, 0.3) is 0 Å². The normalized spacial score (nSPS) is 12.0. The van der Waals surface area contributed by atoms with Gasteiger partial charge in [-0.1, -0.05) is 96.7 Å². The summed E-state index contributed by atoms with van der Waals surface area (Å²) >= 11 is 12.6. The fraction of sp³-hybridized carbons (Fsp3) is 0.297. The predicted molar refractivity (Wildman–Crippen MR) is 190 cm³/mol. The van der Waals surface area contributed by atoms with Crippen LogP contribution in [0.2, 0.25) is 10.0 Å². The molecule has 0 saturated carbocycles. The topological polar surface area (TPSA) is 86.8 Å². The molecule has 1 atom stereocenters. The zero-order valence-electron chi connectivity index (χ0n) is 27.2. The second-order valence-electron chi connectivity index (χ2n) is 11.8. The van der Waals surface area contributed by atoms with E-state index in [4.69, 9.17) is 23.2 Å². The van der Waals surface area contributed by atoms with Crippen molar-refractivity contribution in [1.82, 2.24) is 10.2 Å². The number of nitrogens with one attached hydrogen (secondary N) is 1. The highest BCUT2D eigenvalue weighted by atomic mass is 35.5. The van der Waals surface area contributed by atoms with Crippen molar-refractivity contribution in [1.29, 1.82) is 0 Å². The third-order valence-corrected chi connectivity index (χ3v) is 10.3. The molecule has 0 aliphatic heterocycles. The fourth-order valence-corrected chi connectivity index (χ4v) is 7.07. The molecule has 0 bridgehead atoms. The Hall–Kier alpha value is -3.85. The summed E-state index contributed by atoms with van der Waals surface area (Å²) in [5, 5.41) is 3.66. The number of rotatable bonds is 14. The summed E-state index contributed by atoms with van der Waals surface area (Å²) in [5.41, 5.74) is 4.46. The molecule has 0 radical (unpaired) electrons. The fourth-order valence-electron chi connectivity index (χ4n) is 5.36. The van der Waals surface area contributed by atoms with Gasteiger partial charge in [-0.3, -0.25) is 13.9 Å². The maximum Gasteiger partial charge on any atom is 0.264 e. The van der Waals surface area contributed by atoms with E-state index in [0.29, 0.717) is 27.8 Å².